The van der Waals surface area contributed by atoms with Crippen LogP contribution in [0.2, 0.25) is 0 Å². The van der Waals surface area contributed by atoms with Gasteiger partial charge in [-0.05, 0) is 11.1 Å². The van der Waals surface area contributed by atoms with Crippen molar-refractivity contribution >= 4 is 18.9 Å². The van der Waals surface area contributed by atoms with Crippen molar-refractivity contribution in [3.05, 3.63) is 67.6 Å². The Balaban J connectivity index is 0. The summed E-state index contributed by atoms with van der Waals surface area (Å²) in [5, 5.41) is 0. The SMILES string of the molecule is [CH2-]C.[Li].[Na+].c1ccc(-c2ccccc2)cc1. The summed E-state index contributed by atoms with van der Waals surface area (Å²) in [7, 11) is 0. The molecule has 0 aliphatic rings. The van der Waals surface area contributed by atoms with Crippen LogP contribution < -0.4 is 29.6 Å². The smallest absolute Gasteiger partial charge is 0.346 e. The molecule has 0 amide bonds. The molecular weight excluding hydrogens is 198 g/mol. The van der Waals surface area contributed by atoms with Crippen LogP contribution in [0.3, 0.4) is 0 Å². The van der Waals surface area contributed by atoms with E-state index in [4.69, 9.17) is 0 Å². The molecule has 0 saturated heterocycles. The maximum absolute atomic E-state index is 3.25. The Morgan fingerprint density at radius 3 is 1.12 bits per heavy atom. The number of rotatable bonds is 1. The van der Waals surface area contributed by atoms with E-state index >= 15 is 0 Å². The summed E-state index contributed by atoms with van der Waals surface area (Å²) in [6.45, 7) is 5.00. The summed E-state index contributed by atoms with van der Waals surface area (Å²) in [6, 6.07) is 20.8. The second-order valence-corrected chi connectivity index (χ2v) is 2.73. The summed E-state index contributed by atoms with van der Waals surface area (Å²) in [5.41, 5.74) is 2.55. The molecule has 0 aliphatic heterocycles. The van der Waals surface area contributed by atoms with Crippen molar-refractivity contribution in [2.24, 2.45) is 0 Å². The fourth-order valence-electron chi connectivity index (χ4n) is 1.26. The van der Waals surface area contributed by atoms with Gasteiger partial charge in [-0.3, -0.25) is 0 Å². The van der Waals surface area contributed by atoms with Crippen molar-refractivity contribution in [1.82, 2.24) is 0 Å². The third-order valence-corrected chi connectivity index (χ3v) is 1.88. The molecule has 16 heavy (non-hydrogen) atoms. The van der Waals surface area contributed by atoms with Crippen LogP contribution in [0.1, 0.15) is 6.92 Å². The van der Waals surface area contributed by atoms with Crippen molar-refractivity contribution in [3.8, 4) is 11.1 Å². The summed E-state index contributed by atoms with van der Waals surface area (Å²) in [6.07, 6.45) is 0. The monoisotopic (exact) mass is 213 g/mol. The van der Waals surface area contributed by atoms with Gasteiger partial charge in [0.25, 0.3) is 0 Å². The summed E-state index contributed by atoms with van der Waals surface area (Å²) < 4.78 is 0. The Labute approximate surface area is 133 Å². The molecule has 0 unspecified atom stereocenters. The van der Waals surface area contributed by atoms with Gasteiger partial charge in [0, 0.05) is 18.9 Å². The molecule has 2 aromatic rings. The summed E-state index contributed by atoms with van der Waals surface area (Å²) in [5.74, 6) is 0. The van der Waals surface area contributed by atoms with E-state index in [0.29, 0.717) is 0 Å². The van der Waals surface area contributed by atoms with Gasteiger partial charge in [0.1, 0.15) is 0 Å². The van der Waals surface area contributed by atoms with Crippen molar-refractivity contribution < 1.29 is 29.6 Å². The van der Waals surface area contributed by atoms with E-state index in [-0.39, 0.29) is 48.4 Å². The Morgan fingerprint density at radius 1 is 0.625 bits per heavy atom. The van der Waals surface area contributed by atoms with Gasteiger partial charge in [0.15, 0.2) is 0 Å². The maximum atomic E-state index is 3.25. The van der Waals surface area contributed by atoms with Crippen molar-refractivity contribution in [2.45, 2.75) is 6.92 Å². The molecule has 0 N–H and O–H groups in total. The number of hydrogen-bond donors (Lipinski definition) is 0. The van der Waals surface area contributed by atoms with Gasteiger partial charge in [0.05, 0.1) is 0 Å². The van der Waals surface area contributed by atoms with E-state index in [1.54, 1.807) is 6.92 Å². The van der Waals surface area contributed by atoms with Gasteiger partial charge in [-0.2, -0.15) is 6.92 Å². The topological polar surface area (TPSA) is 0 Å². The predicted octanol–water partition coefficient (Wildman–Crippen LogP) is 0.817. The molecule has 0 spiro atoms. The van der Waals surface area contributed by atoms with Crippen molar-refractivity contribution in [2.75, 3.05) is 0 Å². The molecule has 0 heterocycles. The summed E-state index contributed by atoms with van der Waals surface area (Å²) >= 11 is 0. The molecule has 0 aliphatic carbocycles. The Morgan fingerprint density at radius 2 is 0.875 bits per heavy atom. The molecule has 2 aromatic carbocycles. The van der Waals surface area contributed by atoms with Crippen LogP contribution in [0.4, 0.5) is 0 Å². The van der Waals surface area contributed by atoms with Gasteiger partial charge in [0.2, 0.25) is 0 Å². The van der Waals surface area contributed by atoms with Gasteiger partial charge >= 0.3 is 29.6 Å². The Bertz CT molecular complexity index is 308. The van der Waals surface area contributed by atoms with Crippen LogP contribution in [0.25, 0.3) is 11.1 Å². The largest absolute Gasteiger partial charge is 1.00 e. The summed E-state index contributed by atoms with van der Waals surface area (Å²) in [4.78, 5) is 0. The standard InChI is InChI=1S/C12H10.C2H5.Li.Na/c1-3-7-11(8-4-1)12-9-5-2-6-10-12;1-2;;/h1-10H;1H2,2H3;;/q;-1;;+1. The molecule has 0 atom stereocenters. The van der Waals surface area contributed by atoms with Crippen LogP contribution in [0.5, 0.6) is 0 Å². The average molecular weight is 213 g/mol. The normalized spacial score (nSPS) is 7.62. The second kappa shape index (κ2) is 11.5. The first-order chi connectivity index (χ1) is 6.97. The predicted molar refractivity (Wildman–Crippen MR) is 68.7 cm³/mol. The molecule has 0 nitrogen and oxygen atoms in total. The molecule has 0 aromatic heterocycles. The second-order valence-electron chi connectivity index (χ2n) is 2.73. The van der Waals surface area contributed by atoms with E-state index in [9.17, 15) is 0 Å². The fourth-order valence-corrected chi connectivity index (χ4v) is 1.26. The molecule has 1 radical (unpaired) electrons. The first kappa shape index (κ1) is 18.4. The van der Waals surface area contributed by atoms with Crippen LogP contribution in [0, 0.1) is 6.92 Å². The zero-order valence-electron chi connectivity index (χ0n) is 10.5. The number of hydrogen-bond acceptors (Lipinski definition) is 0. The Kier molecular flexibility index (Phi) is 13.3. The van der Waals surface area contributed by atoms with Crippen LogP contribution in [0.15, 0.2) is 60.7 Å². The molecule has 2 rings (SSSR count). The van der Waals surface area contributed by atoms with Gasteiger partial charge in [-0.1, -0.05) is 60.7 Å². The van der Waals surface area contributed by atoms with E-state index in [0.717, 1.165) is 0 Å². The maximum Gasteiger partial charge on any atom is 1.00 e. The molecule has 0 fully saturated rings. The molecule has 2 heteroatoms. The fraction of sp³-hybridized carbons (Fsp3) is 0.0714. The molecule has 0 bridgehead atoms. The van der Waals surface area contributed by atoms with E-state index < -0.39 is 0 Å². The van der Waals surface area contributed by atoms with E-state index in [1.807, 2.05) is 12.1 Å². The Hall–Kier alpha value is 0.0374. The third-order valence-electron chi connectivity index (χ3n) is 1.88. The van der Waals surface area contributed by atoms with Crippen molar-refractivity contribution in [1.29, 1.82) is 0 Å². The van der Waals surface area contributed by atoms with Crippen LogP contribution in [-0.2, 0) is 0 Å². The van der Waals surface area contributed by atoms with Gasteiger partial charge in [-0.15, -0.1) is 0 Å². The minimum Gasteiger partial charge on any atom is -0.346 e. The quantitative estimate of drug-likeness (QED) is 0.486. The molecule has 73 valence electrons. The minimum absolute atomic E-state index is 0. The zero-order valence-corrected chi connectivity index (χ0v) is 12.5. The third kappa shape index (κ3) is 5.94. The van der Waals surface area contributed by atoms with Crippen LogP contribution in [-0.4, -0.2) is 18.9 Å². The van der Waals surface area contributed by atoms with Crippen molar-refractivity contribution in [3.63, 3.8) is 0 Å². The molecule has 0 saturated carbocycles. The van der Waals surface area contributed by atoms with Gasteiger partial charge in [-0.25, -0.2) is 0 Å². The minimum atomic E-state index is 0. The number of benzene rings is 2. The average Bonchev–Trinajstić information content (AvgIpc) is 2.34. The van der Waals surface area contributed by atoms with E-state index in [2.05, 4.69) is 55.5 Å². The first-order valence-corrected chi connectivity index (χ1v) is 4.78. The molecular formula is C14H15LiNa. The first-order valence-electron chi connectivity index (χ1n) is 4.78. The van der Waals surface area contributed by atoms with E-state index in [1.165, 1.54) is 11.1 Å². The van der Waals surface area contributed by atoms with Gasteiger partial charge < -0.3 is 6.92 Å². The van der Waals surface area contributed by atoms with Crippen LogP contribution >= 0.6 is 0 Å². The zero-order chi connectivity index (χ0) is 10.2.